The van der Waals surface area contributed by atoms with Crippen LogP contribution in [0.2, 0.25) is 0 Å². The van der Waals surface area contributed by atoms with Gasteiger partial charge in [0.15, 0.2) is 0 Å². The van der Waals surface area contributed by atoms with Crippen LogP contribution in [0.1, 0.15) is 25.8 Å². The van der Waals surface area contributed by atoms with E-state index in [1.807, 2.05) is 29.2 Å². The van der Waals surface area contributed by atoms with E-state index in [0.717, 1.165) is 48.7 Å². The van der Waals surface area contributed by atoms with Crippen LogP contribution >= 0.6 is 15.9 Å². The van der Waals surface area contributed by atoms with Crippen LogP contribution in [0.15, 0.2) is 28.7 Å². The third-order valence-corrected chi connectivity index (χ3v) is 4.82. The van der Waals surface area contributed by atoms with Crippen LogP contribution in [0, 0.1) is 5.92 Å². The van der Waals surface area contributed by atoms with Crippen molar-refractivity contribution < 1.29 is 4.79 Å². The molecule has 0 aromatic heterocycles. The molecule has 3 nitrogen and oxygen atoms in total. The molecule has 1 fully saturated rings. The van der Waals surface area contributed by atoms with Crippen LogP contribution in [-0.2, 0) is 11.2 Å². The number of benzene rings is 1. The molecule has 2 rings (SSSR count). The van der Waals surface area contributed by atoms with Gasteiger partial charge >= 0.3 is 0 Å². The number of hydrogen-bond acceptors (Lipinski definition) is 2. The Morgan fingerprint density at radius 1 is 1.19 bits per heavy atom. The van der Waals surface area contributed by atoms with E-state index < -0.39 is 0 Å². The molecule has 116 valence electrons. The Morgan fingerprint density at radius 3 is 2.48 bits per heavy atom. The SMILES string of the molecule is CC(C)CCN1CCN(C(=O)Cc2ccccc2Br)CC1. The molecule has 0 atom stereocenters. The lowest BCUT2D eigenvalue weighted by Crippen LogP contribution is -2.49. The second-order valence-corrected chi connectivity index (χ2v) is 7.03. The van der Waals surface area contributed by atoms with Gasteiger partial charge in [0.05, 0.1) is 6.42 Å². The summed E-state index contributed by atoms with van der Waals surface area (Å²) in [6.45, 7) is 9.42. The second kappa shape index (κ2) is 7.95. The molecule has 0 bridgehead atoms. The second-order valence-electron chi connectivity index (χ2n) is 6.17. The maximum Gasteiger partial charge on any atom is 0.227 e. The molecular weight excluding hydrogens is 328 g/mol. The normalized spacial score (nSPS) is 16.5. The minimum absolute atomic E-state index is 0.241. The highest BCUT2D eigenvalue weighted by molar-refractivity contribution is 9.10. The molecular formula is C17H25BrN2O. The predicted octanol–water partition coefficient (Wildman–Crippen LogP) is 3.18. The van der Waals surface area contributed by atoms with Gasteiger partial charge in [-0.1, -0.05) is 48.0 Å². The number of carbonyl (C=O) groups is 1. The molecule has 0 spiro atoms. The zero-order valence-corrected chi connectivity index (χ0v) is 14.6. The average molecular weight is 353 g/mol. The van der Waals surface area contributed by atoms with Gasteiger partial charge in [-0.3, -0.25) is 9.69 Å². The van der Waals surface area contributed by atoms with Crippen molar-refractivity contribution in [1.82, 2.24) is 9.80 Å². The summed E-state index contributed by atoms with van der Waals surface area (Å²) >= 11 is 3.51. The van der Waals surface area contributed by atoms with Crippen molar-refractivity contribution in [2.45, 2.75) is 26.7 Å². The molecule has 1 aliphatic rings. The summed E-state index contributed by atoms with van der Waals surface area (Å²) < 4.78 is 1.02. The fourth-order valence-electron chi connectivity index (χ4n) is 2.58. The molecule has 1 heterocycles. The van der Waals surface area contributed by atoms with Gasteiger partial charge < -0.3 is 4.90 Å². The highest BCUT2D eigenvalue weighted by Crippen LogP contribution is 2.17. The van der Waals surface area contributed by atoms with Crippen LogP contribution in [0.25, 0.3) is 0 Å². The van der Waals surface area contributed by atoms with Gasteiger partial charge in [0.1, 0.15) is 0 Å². The molecule has 0 radical (unpaired) electrons. The molecule has 1 saturated heterocycles. The van der Waals surface area contributed by atoms with Crippen LogP contribution in [0.5, 0.6) is 0 Å². The number of nitrogens with zero attached hydrogens (tertiary/aromatic N) is 2. The minimum atomic E-state index is 0.241. The molecule has 1 aromatic rings. The van der Waals surface area contributed by atoms with Gasteiger partial charge in [0, 0.05) is 30.7 Å². The van der Waals surface area contributed by atoms with Gasteiger partial charge in [-0.15, -0.1) is 0 Å². The van der Waals surface area contributed by atoms with E-state index in [1.54, 1.807) is 0 Å². The van der Waals surface area contributed by atoms with Crippen molar-refractivity contribution in [3.05, 3.63) is 34.3 Å². The summed E-state index contributed by atoms with van der Waals surface area (Å²) in [5.41, 5.74) is 1.07. The van der Waals surface area contributed by atoms with Crippen LogP contribution in [-0.4, -0.2) is 48.4 Å². The number of piperazine rings is 1. The van der Waals surface area contributed by atoms with E-state index >= 15 is 0 Å². The summed E-state index contributed by atoms with van der Waals surface area (Å²) in [6.07, 6.45) is 1.73. The molecule has 0 N–H and O–H groups in total. The lowest BCUT2D eigenvalue weighted by atomic mass is 10.1. The third kappa shape index (κ3) is 5.11. The molecule has 1 aromatic carbocycles. The molecule has 0 aliphatic carbocycles. The Kier molecular flexibility index (Phi) is 6.24. The summed E-state index contributed by atoms with van der Waals surface area (Å²) in [7, 11) is 0. The van der Waals surface area contributed by atoms with Gasteiger partial charge in [-0.25, -0.2) is 0 Å². The van der Waals surface area contributed by atoms with Crippen molar-refractivity contribution in [2.24, 2.45) is 5.92 Å². The smallest absolute Gasteiger partial charge is 0.227 e. The number of halogens is 1. The Balaban J connectivity index is 1.79. The molecule has 0 unspecified atom stereocenters. The Bertz CT molecular complexity index is 468. The van der Waals surface area contributed by atoms with Gasteiger partial charge in [-0.2, -0.15) is 0 Å². The van der Waals surface area contributed by atoms with E-state index in [-0.39, 0.29) is 5.91 Å². The van der Waals surface area contributed by atoms with Crippen molar-refractivity contribution in [2.75, 3.05) is 32.7 Å². The summed E-state index contributed by atoms with van der Waals surface area (Å²) in [6, 6.07) is 7.97. The minimum Gasteiger partial charge on any atom is -0.340 e. The number of amides is 1. The zero-order valence-electron chi connectivity index (χ0n) is 13.0. The maximum atomic E-state index is 12.4. The highest BCUT2D eigenvalue weighted by atomic mass is 79.9. The topological polar surface area (TPSA) is 23.6 Å². The summed E-state index contributed by atoms with van der Waals surface area (Å²) in [5, 5.41) is 0. The third-order valence-electron chi connectivity index (χ3n) is 4.05. The Morgan fingerprint density at radius 2 is 1.86 bits per heavy atom. The maximum absolute atomic E-state index is 12.4. The largest absolute Gasteiger partial charge is 0.340 e. The van der Waals surface area contributed by atoms with E-state index in [0.29, 0.717) is 6.42 Å². The van der Waals surface area contributed by atoms with E-state index in [2.05, 4.69) is 34.7 Å². The van der Waals surface area contributed by atoms with Crippen molar-refractivity contribution >= 4 is 21.8 Å². The first-order chi connectivity index (χ1) is 10.1. The molecule has 1 aliphatic heterocycles. The van der Waals surface area contributed by atoms with Gasteiger partial charge in [-0.05, 0) is 30.5 Å². The zero-order chi connectivity index (χ0) is 15.2. The van der Waals surface area contributed by atoms with E-state index in [1.165, 1.54) is 6.42 Å². The van der Waals surface area contributed by atoms with Crippen molar-refractivity contribution in [1.29, 1.82) is 0 Å². The van der Waals surface area contributed by atoms with E-state index in [9.17, 15) is 4.79 Å². The molecule has 4 heteroatoms. The first kappa shape index (κ1) is 16.5. The van der Waals surface area contributed by atoms with Gasteiger partial charge in [0.2, 0.25) is 5.91 Å². The average Bonchev–Trinajstić information content (AvgIpc) is 2.48. The fourth-order valence-corrected chi connectivity index (χ4v) is 3.00. The molecule has 0 saturated carbocycles. The first-order valence-electron chi connectivity index (χ1n) is 7.80. The lowest BCUT2D eigenvalue weighted by molar-refractivity contribution is -0.132. The highest BCUT2D eigenvalue weighted by Gasteiger charge is 2.21. The quantitative estimate of drug-likeness (QED) is 0.812. The monoisotopic (exact) mass is 352 g/mol. The number of rotatable bonds is 5. The van der Waals surface area contributed by atoms with Crippen molar-refractivity contribution in [3.63, 3.8) is 0 Å². The lowest BCUT2D eigenvalue weighted by Gasteiger charge is -2.35. The van der Waals surface area contributed by atoms with Crippen LogP contribution < -0.4 is 0 Å². The van der Waals surface area contributed by atoms with Crippen molar-refractivity contribution in [3.8, 4) is 0 Å². The summed E-state index contributed by atoms with van der Waals surface area (Å²) in [5.74, 6) is 0.991. The number of carbonyl (C=O) groups excluding carboxylic acids is 1. The standard InChI is InChI=1S/C17H25BrN2O/c1-14(2)7-8-19-9-11-20(12-10-19)17(21)13-15-5-3-4-6-16(15)18/h3-6,14H,7-13H2,1-2H3. The van der Waals surface area contributed by atoms with E-state index in [4.69, 9.17) is 0 Å². The number of hydrogen-bond donors (Lipinski definition) is 0. The molecule has 21 heavy (non-hydrogen) atoms. The fraction of sp³-hybridized carbons (Fsp3) is 0.588. The van der Waals surface area contributed by atoms with Crippen LogP contribution in [0.4, 0.5) is 0 Å². The van der Waals surface area contributed by atoms with Crippen LogP contribution in [0.3, 0.4) is 0 Å². The predicted molar refractivity (Wildman–Crippen MR) is 90.3 cm³/mol. The Labute approximate surface area is 136 Å². The summed E-state index contributed by atoms with van der Waals surface area (Å²) in [4.78, 5) is 16.9. The van der Waals surface area contributed by atoms with Gasteiger partial charge in [0.25, 0.3) is 0 Å². The Hall–Kier alpha value is -0.870. The first-order valence-corrected chi connectivity index (χ1v) is 8.59. The molecule has 1 amide bonds.